The topological polar surface area (TPSA) is 73.0 Å². The Morgan fingerprint density at radius 2 is 1.73 bits per heavy atom. The molecule has 0 spiro atoms. The molecule has 0 bridgehead atoms. The van der Waals surface area contributed by atoms with E-state index in [1.54, 1.807) is 47.3 Å². The van der Waals surface area contributed by atoms with Crippen molar-refractivity contribution in [3.8, 4) is 17.0 Å². The third-order valence-corrected chi connectivity index (χ3v) is 5.80. The van der Waals surface area contributed by atoms with Gasteiger partial charge in [-0.2, -0.15) is 4.80 Å². The predicted molar refractivity (Wildman–Crippen MR) is 130 cm³/mol. The molecular weight excluding hydrogens is 459 g/mol. The first-order valence-electron chi connectivity index (χ1n) is 10.3. The van der Waals surface area contributed by atoms with Crippen molar-refractivity contribution < 1.29 is 9.21 Å². The average Bonchev–Trinajstić information content (AvgIpc) is 3.48. The van der Waals surface area contributed by atoms with Crippen LogP contribution in [0.2, 0.25) is 10.0 Å². The monoisotopic (exact) mass is 476 g/mol. The molecule has 5 aromatic rings. The number of amides is 1. The van der Waals surface area contributed by atoms with Crippen molar-refractivity contribution in [2.45, 2.75) is 13.3 Å². The van der Waals surface area contributed by atoms with E-state index in [9.17, 15) is 4.79 Å². The second-order valence-electron chi connectivity index (χ2n) is 7.46. The zero-order chi connectivity index (χ0) is 22.9. The van der Waals surface area contributed by atoms with Crippen LogP contribution >= 0.6 is 23.2 Å². The Balaban J connectivity index is 1.36. The summed E-state index contributed by atoms with van der Waals surface area (Å²) in [4.78, 5) is 14.3. The molecule has 1 amide bonds. The number of aromatic nitrogens is 3. The smallest absolute Gasteiger partial charge is 0.291 e. The molecule has 0 saturated heterocycles. The van der Waals surface area contributed by atoms with Gasteiger partial charge in [0.15, 0.2) is 5.76 Å². The number of hydrogen-bond acceptors (Lipinski definition) is 4. The van der Waals surface area contributed by atoms with Crippen molar-refractivity contribution >= 4 is 45.8 Å². The van der Waals surface area contributed by atoms with Crippen LogP contribution in [0.15, 0.2) is 77.2 Å². The van der Waals surface area contributed by atoms with Crippen LogP contribution in [0.25, 0.3) is 28.0 Å². The number of nitrogens with one attached hydrogen (secondary N) is 1. The van der Waals surface area contributed by atoms with Gasteiger partial charge in [-0.1, -0.05) is 42.3 Å². The van der Waals surface area contributed by atoms with Crippen LogP contribution in [-0.2, 0) is 6.42 Å². The normalized spacial score (nSPS) is 11.1. The van der Waals surface area contributed by atoms with E-state index in [0.29, 0.717) is 32.6 Å². The zero-order valence-electron chi connectivity index (χ0n) is 17.5. The van der Waals surface area contributed by atoms with Gasteiger partial charge in [-0.25, -0.2) is 0 Å². The summed E-state index contributed by atoms with van der Waals surface area (Å²) in [7, 11) is 0. The summed E-state index contributed by atoms with van der Waals surface area (Å²) in [6.07, 6.45) is 0.973. The van der Waals surface area contributed by atoms with Crippen molar-refractivity contribution in [2.24, 2.45) is 0 Å². The Morgan fingerprint density at radius 1 is 0.939 bits per heavy atom. The third kappa shape index (κ3) is 4.35. The van der Waals surface area contributed by atoms with Gasteiger partial charge in [0.1, 0.15) is 16.8 Å². The first-order valence-corrected chi connectivity index (χ1v) is 11.1. The Morgan fingerprint density at radius 3 is 2.52 bits per heavy atom. The fourth-order valence-corrected chi connectivity index (χ4v) is 3.84. The van der Waals surface area contributed by atoms with Gasteiger partial charge in [-0.15, -0.1) is 10.2 Å². The maximum absolute atomic E-state index is 12.7. The van der Waals surface area contributed by atoms with Gasteiger partial charge in [0.05, 0.1) is 10.7 Å². The summed E-state index contributed by atoms with van der Waals surface area (Å²) in [5.41, 5.74) is 4.71. The quantitative estimate of drug-likeness (QED) is 0.302. The Hall–Kier alpha value is -3.61. The Bertz CT molecular complexity index is 1470. The molecule has 0 aliphatic heterocycles. The molecule has 33 heavy (non-hydrogen) atoms. The summed E-state index contributed by atoms with van der Waals surface area (Å²) in [5, 5.41) is 12.9. The third-order valence-electron chi connectivity index (χ3n) is 5.24. The van der Waals surface area contributed by atoms with Crippen LogP contribution in [0.1, 0.15) is 23.0 Å². The summed E-state index contributed by atoms with van der Waals surface area (Å²) in [5.74, 6) is 0.224. The first-order chi connectivity index (χ1) is 16.0. The fraction of sp³-hybridized carbons (Fsp3) is 0.0800. The number of carbonyl (C=O) groups is 1. The summed E-state index contributed by atoms with van der Waals surface area (Å²) >= 11 is 12.3. The number of nitrogens with zero attached hydrogens (tertiary/aromatic N) is 3. The van der Waals surface area contributed by atoms with Crippen LogP contribution in [0.3, 0.4) is 0 Å². The molecule has 164 valence electrons. The second kappa shape index (κ2) is 8.73. The van der Waals surface area contributed by atoms with Gasteiger partial charge < -0.3 is 9.73 Å². The highest BCUT2D eigenvalue weighted by Gasteiger charge is 2.15. The average molecular weight is 477 g/mol. The van der Waals surface area contributed by atoms with E-state index in [1.807, 2.05) is 18.2 Å². The first kappa shape index (κ1) is 21.2. The van der Waals surface area contributed by atoms with Crippen LogP contribution in [-0.4, -0.2) is 20.9 Å². The number of halogens is 2. The van der Waals surface area contributed by atoms with Crippen LogP contribution in [0.5, 0.6) is 0 Å². The van der Waals surface area contributed by atoms with Gasteiger partial charge in [0.2, 0.25) is 0 Å². The molecule has 0 atom stereocenters. The largest absolute Gasteiger partial charge is 0.451 e. The second-order valence-corrected chi connectivity index (χ2v) is 8.30. The summed E-state index contributed by atoms with van der Waals surface area (Å²) in [6.45, 7) is 2.11. The lowest BCUT2D eigenvalue weighted by atomic mass is 10.2. The maximum atomic E-state index is 12.7. The van der Waals surface area contributed by atoms with E-state index >= 15 is 0 Å². The molecule has 0 fully saturated rings. The fourth-order valence-electron chi connectivity index (χ4n) is 3.46. The molecule has 0 radical (unpaired) electrons. The number of carbonyl (C=O) groups excluding carboxylic acids is 1. The lowest BCUT2D eigenvalue weighted by molar-refractivity contribution is 0.0997. The number of furan rings is 1. The van der Waals surface area contributed by atoms with Crippen LogP contribution in [0, 0.1) is 0 Å². The van der Waals surface area contributed by atoms with E-state index in [1.165, 1.54) is 5.56 Å². The Kier molecular flexibility index (Phi) is 5.62. The van der Waals surface area contributed by atoms with Crippen LogP contribution in [0.4, 0.5) is 5.69 Å². The molecule has 3 aromatic carbocycles. The van der Waals surface area contributed by atoms with Crippen molar-refractivity contribution in [3.05, 3.63) is 94.2 Å². The van der Waals surface area contributed by atoms with E-state index in [4.69, 9.17) is 27.6 Å². The minimum absolute atomic E-state index is 0.154. The van der Waals surface area contributed by atoms with Gasteiger partial charge >= 0.3 is 0 Å². The Labute approximate surface area is 199 Å². The number of fused-ring (bicyclic) bond motifs is 1. The molecule has 2 heterocycles. The molecule has 0 saturated carbocycles. The lowest BCUT2D eigenvalue weighted by Gasteiger charge is -2.03. The van der Waals surface area contributed by atoms with E-state index in [0.717, 1.165) is 17.6 Å². The maximum Gasteiger partial charge on any atom is 0.291 e. The van der Waals surface area contributed by atoms with Gasteiger partial charge in [-0.3, -0.25) is 4.79 Å². The SMILES string of the molecule is CCc1ccc(-n2nc3ccc(NC(=O)c4ccc(-c5cc(Cl)ccc5Cl)o4)cc3n2)cc1. The lowest BCUT2D eigenvalue weighted by Crippen LogP contribution is -2.10. The zero-order valence-corrected chi connectivity index (χ0v) is 19.1. The van der Waals surface area contributed by atoms with Crippen molar-refractivity contribution in [1.82, 2.24) is 15.0 Å². The van der Waals surface area contributed by atoms with Crippen molar-refractivity contribution in [1.29, 1.82) is 0 Å². The summed E-state index contributed by atoms with van der Waals surface area (Å²) in [6, 6.07) is 21.8. The van der Waals surface area contributed by atoms with Crippen molar-refractivity contribution in [2.75, 3.05) is 5.32 Å². The molecule has 5 rings (SSSR count). The number of aryl methyl sites for hydroxylation is 1. The van der Waals surface area contributed by atoms with E-state index in [-0.39, 0.29) is 11.7 Å². The highest BCUT2D eigenvalue weighted by molar-refractivity contribution is 6.35. The minimum Gasteiger partial charge on any atom is -0.451 e. The molecule has 6 nitrogen and oxygen atoms in total. The molecule has 2 aromatic heterocycles. The summed E-state index contributed by atoms with van der Waals surface area (Å²) < 4.78 is 5.72. The van der Waals surface area contributed by atoms with Crippen molar-refractivity contribution in [3.63, 3.8) is 0 Å². The van der Waals surface area contributed by atoms with E-state index < -0.39 is 0 Å². The molecule has 0 unspecified atom stereocenters. The van der Waals surface area contributed by atoms with Gasteiger partial charge in [-0.05, 0) is 72.6 Å². The number of anilines is 1. The molecule has 0 aliphatic carbocycles. The van der Waals surface area contributed by atoms with Crippen LogP contribution < -0.4 is 5.32 Å². The van der Waals surface area contributed by atoms with Gasteiger partial charge in [0.25, 0.3) is 5.91 Å². The van der Waals surface area contributed by atoms with Gasteiger partial charge in [0, 0.05) is 16.3 Å². The minimum atomic E-state index is -0.388. The molecular formula is C25H18Cl2N4O2. The molecule has 8 heteroatoms. The number of rotatable bonds is 5. The molecule has 1 N–H and O–H groups in total. The highest BCUT2D eigenvalue weighted by Crippen LogP contribution is 2.32. The standard InChI is InChI=1S/C25H18Cl2N4O2/c1-2-15-3-7-18(8-4-15)31-29-21-10-6-17(14-22(21)30-31)28-25(32)24-12-11-23(33-24)19-13-16(26)5-9-20(19)27/h3-14H,2H2,1H3,(H,28,32). The van der Waals surface area contributed by atoms with E-state index in [2.05, 4.69) is 34.6 Å². The number of hydrogen-bond donors (Lipinski definition) is 1. The number of benzene rings is 3. The highest BCUT2D eigenvalue weighted by atomic mass is 35.5. The molecule has 0 aliphatic rings. The predicted octanol–water partition coefficient (Wildman–Crippen LogP) is 6.80.